The lowest BCUT2D eigenvalue weighted by atomic mass is 9.81. The normalized spacial score (nSPS) is 13.6. The molecule has 216 valence electrons. The lowest BCUT2D eigenvalue weighted by molar-refractivity contribution is 0.661. The van der Waals surface area contributed by atoms with E-state index in [9.17, 15) is 0 Å². The van der Waals surface area contributed by atoms with Gasteiger partial charge in [-0.15, -0.1) is 0 Å². The molecule has 0 N–H and O–H groups in total. The number of hydrogen-bond donors (Lipinski definition) is 0. The molecule has 0 aliphatic heterocycles. The van der Waals surface area contributed by atoms with Crippen LogP contribution in [0.1, 0.15) is 25.0 Å². The number of aromatic nitrogens is 1. The van der Waals surface area contributed by atoms with E-state index in [1.54, 1.807) is 0 Å². The Morgan fingerprint density at radius 2 is 0.913 bits per heavy atom. The fourth-order valence-corrected chi connectivity index (χ4v) is 8.32. The minimum absolute atomic E-state index is 0.132. The minimum Gasteiger partial charge on any atom is -0.309 e. The van der Waals surface area contributed by atoms with Gasteiger partial charge in [-0.25, -0.2) is 0 Å². The highest BCUT2D eigenvalue weighted by molar-refractivity contribution is 6.25. The van der Waals surface area contributed by atoms with Crippen molar-refractivity contribution in [3.05, 3.63) is 163 Å². The molecule has 0 unspecified atom stereocenters. The fourth-order valence-electron chi connectivity index (χ4n) is 8.32. The van der Waals surface area contributed by atoms with E-state index in [0.29, 0.717) is 0 Å². The van der Waals surface area contributed by atoms with Gasteiger partial charge in [0, 0.05) is 21.9 Å². The third-order valence-electron chi connectivity index (χ3n) is 10.6. The maximum absolute atomic E-state index is 2.46. The van der Waals surface area contributed by atoms with Crippen LogP contribution in [0.3, 0.4) is 0 Å². The van der Waals surface area contributed by atoms with E-state index in [0.717, 1.165) is 0 Å². The Morgan fingerprint density at radius 3 is 1.63 bits per heavy atom. The summed E-state index contributed by atoms with van der Waals surface area (Å²) in [6.45, 7) is 4.78. The first kappa shape index (κ1) is 25.6. The highest BCUT2D eigenvalue weighted by Gasteiger charge is 2.36. The van der Waals surface area contributed by atoms with Gasteiger partial charge >= 0.3 is 0 Å². The van der Waals surface area contributed by atoms with Gasteiger partial charge in [-0.3, -0.25) is 0 Å². The van der Waals surface area contributed by atoms with Gasteiger partial charge in [0.05, 0.1) is 11.0 Å². The lowest BCUT2D eigenvalue weighted by Crippen LogP contribution is -2.15. The zero-order valence-electron chi connectivity index (χ0n) is 25.9. The molecule has 1 nitrogen and oxygen atoms in total. The van der Waals surface area contributed by atoms with Crippen LogP contribution in [0, 0.1) is 0 Å². The van der Waals surface area contributed by atoms with E-state index < -0.39 is 0 Å². The number of hydrogen-bond acceptors (Lipinski definition) is 0. The second-order valence-corrected chi connectivity index (χ2v) is 13.3. The fraction of sp³-hybridized carbons (Fsp3) is 0.0667. The van der Waals surface area contributed by atoms with Gasteiger partial charge in [-0.1, -0.05) is 123 Å². The number of benzene rings is 8. The molecular formula is C45H31N. The average Bonchev–Trinajstić information content (AvgIpc) is 3.55. The summed E-state index contributed by atoms with van der Waals surface area (Å²) in [7, 11) is 0. The Balaban J connectivity index is 1.18. The molecule has 0 radical (unpaired) electrons. The summed E-state index contributed by atoms with van der Waals surface area (Å²) in [5, 5.41) is 10.5. The SMILES string of the molecule is CC1(C)c2cc(-c3ccc4c5ccccc5c5ccccc5c4c3)ccc2-c2cc3c4ccccc4n(-c4ccccc4)c3cc21. The second-order valence-electron chi connectivity index (χ2n) is 13.3. The first-order chi connectivity index (χ1) is 22.6. The molecule has 1 heteroatoms. The summed E-state index contributed by atoms with van der Waals surface area (Å²) in [6, 6.07) is 56.3. The van der Waals surface area contributed by atoms with Gasteiger partial charge < -0.3 is 4.57 Å². The van der Waals surface area contributed by atoms with Crippen molar-refractivity contribution < 1.29 is 0 Å². The van der Waals surface area contributed by atoms with Crippen LogP contribution in [0.4, 0.5) is 0 Å². The maximum atomic E-state index is 2.46. The van der Waals surface area contributed by atoms with Gasteiger partial charge in [0.2, 0.25) is 0 Å². The standard InChI is InChI=1S/C45H31N/c1-45(2)41-25-29(28-20-22-35-33-16-7-6-14-31(33)32-15-8-9-17-34(32)38(35)24-28)21-23-36(41)39-26-40-37-18-10-11-19-43(37)46(44(40)27-42(39)45)30-12-4-3-5-13-30/h3-27H,1-2H3. The predicted octanol–water partition coefficient (Wildman–Crippen LogP) is 12.2. The molecule has 10 rings (SSSR count). The zero-order chi connectivity index (χ0) is 30.6. The van der Waals surface area contributed by atoms with E-state index in [-0.39, 0.29) is 5.41 Å². The first-order valence-electron chi connectivity index (χ1n) is 16.2. The Labute approximate surface area is 268 Å². The molecule has 0 bridgehead atoms. The summed E-state index contributed by atoms with van der Waals surface area (Å²) in [4.78, 5) is 0. The Hall–Kier alpha value is -5.66. The average molecular weight is 586 g/mol. The molecule has 1 aliphatic carbocycles. The minimum atomic E-state index is -0.132. The Kier molecular flexibility index (Phi) is 5.12. The van der Waals surface area contributed by atoms with Gasteiger partial charge in [-0.2, -0.15) is 0 Å². The van der Waals surface area contributed by atoms with Crippen LogP contribution < -0.4 is 0 Å². The molecule has 0 atom stereocenters. The summed E-state index contributed by atoms with van der Waals surface area (Å²) < 4.78 is 2.43. The van der Waals surface area contributed by atoms with Crippen molar-refractivity contribution in [2.24, 2.45) is 0 Å². The largest absolute Gasteiger partial charge is 0.309 e. The number of para-hydroxylation sites is 2. The summed E-state index contributed by atoms with van der Waals surface area (Å²) >= 11 is 0. The van der Waals surface area contributed by atoms with Gasteiger partial charge in [0.25, 0.3) is 0 Å². The Bertz CT molecular complexity index is 2670. The van der Waals surface area contributed by atoms with Gasteiger partial charge in [0.15, 0.2) is 0 Å². The van der Waals surface area contributed by atoms with E-state index in [1.807, 2.05) is 0 Å². The van der Waals surface area contributed by atoms with Crippen molar-refractivity contribution in [2.75, 3.05) is 0 Å². The summed E-state index contributed by atoms with van der Waals surface area (Å²) in [5.41, 5.74) is 11.6. The van der Waals surface area contributed by atoms with Crippen LogP contribution in [0.15, 0.2) is 152 Å². The van der Waals surface area contributed by atoms with Crippen LogP contribution in [-0.2, 0) is 5.41 Å². The molecule has 1 aromatic heterocycles. The predicted molar refractivity (Wildman–Crippen MR) is 196 cm³/mol. The van der Waals surface area contributed by atoms with E-state index in [4.69, 9.17) is 0 Å². The van der Waals surface area contributed by atoms with Crippen molar-refractivity contribution in [3.8, 4) is 27.9 Å². The molecule has 8 aromatic carbocycles. The highest BCUT2D eigenvalue weighted by Crippen LogP contribution is 2.52. The zero-order valence-corrected chi connectivity index (χ0v) is 25.9. The molecule has 0 amide bonds. The molecule has 0 fully saturated rings. The number of fused-ring (bicyclic) bond motifs is 12. The van der Waals surface area contributed by atoms with Crippen LogP contribution in [-0.4, -0.2) is 4.57 Å². The summed E-state index contributed by atoms with van der Waals surface area (Å²) in [6.07, 6.45) is 0. The van der Waals surface area contributed by atoms with Crippen LogP contribution in [0.25, 0.3) is 82.1 Å². The van der Waals surface area contributed by atoms with Crippen molar-refractivity contribution >= 4 is 54.1 Å². The van der Waals surface area contributed by atoms with Crippen LogP contribution in [0.2, 0.25) is 0 Å². The van der Waals surface area contributed by atoms with Gasteiger partial charge in [0.1, 0.15) is 0 Å². The molecule has 0 saturated carbocycles. The molecular weight excluding hydrogens is 555 g/mol. The quantitative estimate of drug-likeness (QED) is 0.178. The van der Waals surface area contributed by atoms with Crippen molar-refractivity contribution in [2.45, 2.75) is 19.3 Å². The molecule has 1 aliphatic rings. The molecule has 46 heavy (non-hydrogen) atoms. The molecule has 0 spiro atoms. The molecule has 9 aromatic rings. The highest BCUT2D eigenvalue weighted by atomic mass is 15.0. The van der Waals surface area contributed by atoms with E-state index in [1.165, 1.54) is 93.2 Å². The van der Waals surface area contributed by atoms with Gasteiger partial charge in [-0.05, 0) is 108 Å². The number of nitrogens with zero attached hydrogens (tertiary/aromatic N) is 1. The third kappa shape index (κ3) is 3.40. The number of rotatable bonds is 2. The molecule has 0 saturated heterocycles. The topological polar surface area (TPSA) is 4.93 Å². The Morgan fingerprint density at radius 1 is 0.370 bits per heavy atom. The van der Waals surface area contributed by atoms with Crippen molar-refractivity contribution in [1.82, 2.24) is 4.57 Å². The maximum Gasteiger partial charge on any atom is 0.0544 e. The van der Waals surface area contributed by atoms with E-state index >= 15 is 0 Å². The summed E-state index contributed by atoms with van der Waals surface area (Å²) in [5.74, 6) is 0. The molecule has 1 heterocycles. The first-order valence-corrected chi connectivity index (χ1v) is 16.2. The third-order valence-corrected chi connectivity index (χ3v) is 10.6. The van der Waals surface area contributed by atoms with Crippen LogP contribution >= 0.6 is 0 Å². The lowest BCUT2D eigenvalue weighted by Gasteiger charge is -2.22. The monoisotopic (exact) mass is 585 g/mol. The smallest absolute Gasteiger partial charge is 0.0544 e. The second kappa shape index (κ2) is 9.19. The van der Waals surface area contributed by atoms with Crippen molar-refractivity contribution in [3.63, 3.8) is 0 Å². The van der Waals surface area contributed by atoms with Crippen molar-refractivity contribution in [1.29, 1.82) is 0 Å². The van der Waals surface area contributed by atoms with E-state index in [2.05, 4.69) is 170 Å². The van der Waals surface area contributed by atoms with Crippen LogP contribution in [0.5, 0.6) is 0 Å².